The van der Waals surface area contributed by atoms with Crippen LogP contribution in [0.2, 0.25) is 0 Å². The number of imide groups is 1. The van der Waals surface area contributed by atoms with Crippen molar-refractivity contribution in [1.29, 1.82) is 0 Å². The zero-order valence-corrected chi connectivity index (χ0v) is 27.3. The number of aliphatic carboxylic acids is 1. The van der Waals surface area contributed by atoms with Crippen LogP contribution in [0.15, 0.2) is 114 Å². The maximum Gasteiger partial charge on any atom is 0.416 e. The van der Waals surface area contributed by atoms with Crippen LogP contribution in [0.5, 0.6) is 0 Å². The van der Waals surface area contributed by atoms with Gasteiger partial charge in [0.15, 0.2) is 6.04 Å². The summed E-state index contributed by atoms with van der Waals surface area (Å²) in [5.74, 6) is -4.29. The average molecular weight is 677 g/mol. The van der Waals surface area contributed by atoms with E-state index in [-0.39, 0.29) is 36.4 Å². The SMILES string of the molecule is O=C(O)[C@H](N=C(c1ccccc1)c1ccccc1NC(=O)[C@@H]1CCCN1Cc1ccccc1)[C@@H](CC(=O)N1CCOC1=O)c1ccccc1F. The number of likely N-dealkylation sites (tertiary alicyclic amines) is 1. The minimum atomic E-state index is -1.66. The number of halogens is 1. The molecule has 11 heteroatoms. The van der Waals surface area contributed by atoms with Gasteiger partial charge in [0.2, 0.25) is 11.8 Å². The predicted molar refractivity (Wildman–Crippen MR) is 185 cm³/mol. The third-order valence-electron chi connectivity index (χ3n) is 9.05. The summed E-state index contributed by atoms with van der Waals surface area (Å²) in [5, 5.41) is 13.7. The molecule has 4 aromatic carbocycles. The molecule has 0 bridgehead atoms. The van der Waals surface area contributed by atoms with E-state index < -0.39 is 42.2 Å². The molecule has 10 nitrogen and oxygen atoms in total. The highest BCUT2D eigenvalue weighted by Gasteiger charge is 2.38. The van der Waals surface area contributed by atoms with Crippen LogP contribution in [0.25, 0.3) is 0 Å². The monoisotopic (exact) mass is 676 g/mol. The third kappa shape index (κ3) is 7.79. The smallest absolute Gasteiger partial charge is 0.416 e. The molecular formula is C39H37FN4O6. The molecule has 0 spiro atoms. The summed E-state index contributed by atoms with van der Waals surface area (Å²) in [6.07, 6.45) is 0.201. The summed E-state index contributed by atoms with van der Waals surface area (Å²) in [6, 6.07) is 29.4. The van der Waals surface area contributed by atoms with Crippen LogP contribution < -0.4 is 5.32 Å². The van der Waals surface area contributed by atoms with Crippen molar-refractivity contribution in [3.05, 3.63) is 137 Å². The fourth-order valence-corrected chi connectivity index (χ4v) is 6.58. The van der Waals surface area contributed by atoms with Gasteiger partial charge in [-0.3, -0.25) is 19.5 Å². The molecule has 3 atom stereocenters. The van der Waals surface area contributed by atoms with Crippen molar-refractivity contribution in [2.24, 2.45) is 4.99 Å². The highest BCUT2D eigenvalue weighted by atomic mass is 19.1. The molecule has 3 amide bonds. The van der Waals surface area contributed by atoms with Gasteiger partial charge >= 0.3 is 12.1 Å². The van der Waals surface area contributed by atoms with Crippen molar-refractivity contribution < 1.29 is 33.4 Å². The maximum atomic E-state index is 15.4. The van der Waals surface area contributed by atoms with Gasteiger partial charge in [-0.2, -0.15) is 0 Å². The van der Waals surface area contributed by atoms with Crippen LogP contribution in [0.3, 0.4) is 0 Å². The van der Waals surface area contributed by atoms with Gasteiger partial charge in [0.05, 0.1) is 24.0 Å². The number of carbonyl (C=O) groups excluding carboxylic acids is 3. The van der Waals surface area contributed by atoms with Crippen LogP contribution in [0.1, 0.15) is 47.4 Å². The van der Waals surface area contributed by atoms with Gasteiger partial charge in [-0.15, -0.1) is 0 Å². The van der Waals surface area contributed by atoms with Gasteiger partial charge in [0.25, 0.3) is 0 Å². The summed E-state index contributed by atoms with van der Waals surface area (Å²) in [6.45, 7) is 1.43. The maximum absolute atomic E-state index is 15.4. The van der Waals surface area contributed by atoms with Crippen molar-refractivity contribution in [2.75, 3.05) is 25.0 Å². The molecule has 2 N–H and O–H groups in total. The lowest BCUT2D eigenvalue weighted by atomic mass is 9.87. The van der Waals surface area contributed by atoms with E-state index in [9.17, 15) is 24.3 Å². The van der Waals surface area contributed by atoms with E-state index in [1.54, 1.807) is 60.7 Å². The Labute approximate surface area is 289 Å². The molecule has 2 aliphatic rings. The second kappa shape index (κ2) is 15.7. The van der Waals surface area contributed by atoms with E-state index in [4.69, 9.17) is 9.73 Å². The largest absolute Gasteiger partial charge is 0.480 e. The van der Waals surface area contributed by atoms with Gasteiger partial charge in [0.1, 0.15) is 12.4 Å². The lowest BCUT2D eigenvalue weighted by Crippen LogP contribution is -2.39. The molecule has 2 aliphatic heterocycles. The van der Waals surface area contributed by atoms with Crippen molar-refractivity contribution in [3.63, 3.8) is 0 Å². The number of ether oxygens (including phenoxy) is 1. The number of amides is 3. The fourth-order valence-electron chi connectivity index (χ4n) is 6.58. The second-order valence-corrected chi connectivity index (χ2v) is 12.3. The number of hydrogen-bond donors (Lipinski definition) is 2. The molecule has 2 saturated heterocycles. The summed E-state index contributed by atoms with van der Waals surface area (Å²) in [4.78, 5) is 60.3. The number of nitrogens with zero attached hydrogens (tertiary/aromatic N) is 3. The Hall–Kier alpha value is -5.68. The van der Waals surface area contributed by atoms with Gasteiger partial charge in [-0.1, -0.05) is 97.1 Å². The number of cyclic esters (lactones) is 1. The van der Waals surface area contributed by atoms with Crippen molar-refractivity contribution >= 4 is 35.3 Å². The van der Waals surface area contributed by atoms with Crippen molar-refractivity contribution in [1.82, 2.24) is 9.80 Å². The van der Waals surface area contributed by atoms with Crippen LogP contribution in [0.4, 0.5) is 14.9 Å². The Morgan fingerprint density at radius 1 is 0.900 bits per heavy atom. The topological polar surface area (TPSA) is 129 Å². The van der Waals surface area contributed by atoms with E-state index in [1.165, 1.54) is 18.2 Å². The number of anilines is 1. The number of para-hydroxylation sites is 1. The number of nitrogens with one attached hydrogen (secondary N) is 1. The first-order chi connectivity index (χ1) is 24.3. The van der Waals surface area contributed by atoms with Gasteiger partial charge in [-0.25, -0.2) is 18.9 Å². The van der Waals surface area contributed by atoms with Crippen molar-refractivity contribution in [3.8, 4) is 0 Å². The first kappa shape index (κ1) is 34.2. The summed E-state index contributed by atoms with van der Waals surface area (Å²) < 4.78 is 20.3. The number of carboxylic acid groups (broad SMARTS) is 1. The Kier molecular flexibility index (Phi) is 10.7. The van der Waals surface area contributed by atoms with Gasteiger partial charge in [0, 0.05) is 30.0 Å². The summed E-state index contributed by atoms with van der Waals surface area (Å²) in [7, 11) is 0. The Bertz CT molecular complexity index is 1890. The van der Waals surface area contributed by atoms with Crippen LogP contribution in [0, 0.1) is 5.82 Å². The standard InChI is InChI=1S/C39H37FN4O6/c40-31-18-9-7-16-28(31)30(24-34(45)44-22-23-50-39(44)49)36(38(47)48)42-35(27-14-5-2-6-15-27)29-17-8-10-19-32(29)41-37(46)33-20-11-21-43(33)25-26-12-3-1-4-13-26/h1-10,12-19,30,33,36H,11,20-25H2,(H,41,46)(H,47,48)/t30-,33-,36+/m0/s1. The highest BCUT2D eigenvalue weighted by Crippen LogP contribution is 2.32. The molecule has 0 aromatic heterocycles. The molecule has 0 saturated carbocycles. The molecule has 0 aliphatic carbocycles. The van der Waals surface area contributed by atoms with E-state index in [0.717, 1.165) is 23.4 Å². The molecule has 256 valence electrons. The minimum absolute atomic E-state index is 0.00870. The van der Waals surface area contributed by atoms with E-state index in [2.05, 4.69) is 10.2 Å². The number of rotatable bonds is 12. The fraction of sp³-hybridized carbons (Fsp3) is 0.256. The molecule has 0 unspecified atom stereocenters. The number of carbonyl (C=O) groups is 4. The molecule has 2 heterocycles. The van der Waals surface area contributed by atoms with Gasteiger partial charge < -0.3 is 15.2 Å². The van der Waals surface area contributed by atoms with Crippen molar-refractivity contribution in [2.45, 2.75) is 43.8 Å². The zero-order chi connectivity index (χ0) is 35.0. The van der Waals surface area contributed by atoms with E-state index in [1.807, 2.05) is 30.3 Å². The van der Waals surface area contributed by atoms with Crippen LogP contribution in [-0.4, -0.2) is 76.3 Å². The normalized spacial score (nSPS) is 17.6. The van der Waals surface area contributed by atoms with E-state index >= 15 is 4.39 Å². The molecule has 50 heavy (non-hydrogen) atoms. The first-order valence-electron chi connectivity index (χ1n) is 16.6. The molecule has 0 radical (unpaired) electrons. The van der Waals surface area contributed by atoms with Gasteiger partial charge in [-0.05, 0) is 42.6 Å². The third-order valence-corrected chi connectivity index (χ3v) is 9.05. The second-order valence-electron chi connectivity index (χ2n) is 12.3. The number of carboxylic acids is 1. The quantitative estimate of drug-likeness (QED) is 0.180. The van der Waals surface area contributed by atoms with E-state index in [0.29, 0.717) is 29.8 Å². The number of benzene rings is 4. The first-order valence-corrected chi connectivity index (χ1v) is 16.6. The Morgan fingerprint density at radius 2 is 1.58 bits per heavy atom. The average Bonchev–Trinajstić information content (AvgIpc) is 3.78. The molecule has 6 rings (SSSR count). The minimum Gasteiger partial charge on any atom is -0.480 e. The molecule has 4 aromatic rings. The molecule has 2 fully saturated rings. The van der Waals surface area contributed by atoms with Crippen LogP contribution in [-0.2, 0) is 25.7 Å². The Morgan fingerprint density at radius 3 is 2.28 bits per heavy atom. The van der Waals surface area contributed by atoms with Crippen LogP contribution >= 0.6 is 0 Å². The lowest BCUT2D eigenvalue weighted by Gasteiger charge is -2.26. The number of aliphatic imine (C=N–C) groups is 1. The Balaban J connectivity index is 1.38. The summed E-state index contributed by atoms with van der Waals surface area (Å²) >= 11 is 0. The zero-order valence-electron chi connectivity index (χ0n) is 27.3. The molecular weight excluding hydrogens is 639 g/mol. The predicted octanol–water partition coefficient (Wildman–Crippen LogP) is 5.87. The number of hydrogen-bond acceptors (Lipinski definition) is 7. The lowest BCUT2D eigenvalue weighted by molar-refractivity contribution is -0.139. The summed E-state index contributed by atoms with van der Waals surface area (Å²) in [5.41, 5.74) is 2.74. The highest BCUT2D eigenvalue weighted by molar-refractivity contribution is 6.18.